The summed E-state index contributed by atoms with van der Waals surface area (Å²) in [5, 5.41) is 6.24. The number of nitrogens with zero attached hydrogens (tertiary/aromatic N) is 1. The number of hydrogen-bond acceptors (Lipinski definition) is 4. The summed E-state index contributed by atoms with van der Waals surface area (Å²) >= 11 is 4.71. The molecule has 0 aliphatic heterocycles. The molecular weight excluding hydrogens is 219 g/mol. The molecule has 0 spiro atoms. The van der Waals surface area contributed by atoms with Crippen molar-refractivity contribution in [1.82, 2.24) is 10.2 Å². The van der Waals surface area contributed by atoms with Crippen molar-refractivity contribution in [3.8, 4) is 17.2 Å². The summed E-state index contributed by atoms with van der Waals surface area (Å²) in [5.74, 6) is -0.0476. The summed E-state index contributed by atoms with van der Waals surface area (Å²) in [4.78, 5) is 0.154. The van der Waals surface area contributed by atoms with Crippen LogP contribution in [-0.4, -0.2) is 17.3 Å². The fraction of sp³-hybridized carbons (Fsp3) is 0.111. The highest BCUT2D eigenvalue weighted by atomic mass is 32.1. The lowest BCUT2D eigenvalue weighted by molar-refractivity contribution is 0.386. The molecule has 0 fully saturated rings. The van der Waals surface area contributed by atoms with E-state index in [2.05, 4.69) is 10.2 Å². The van der Waals surface area contributed by atoms with Crippen LogP contribution < -0.4 is 4.74 Å². The Morgan fingerprint density at radius 2 is 2.33 bits per heavy atom. The standard InChI is InChI=1S/C9H7FN2O2S/c1-13-7-3-2-5(4-6(7)10)8-11-12-9(15)14-8/h2-4H,1H3,(H,12,15). The van der Waals surface area contributed by atoms with E-state index < -0.39 is 5.82 Å². The van der Waals surface area contributed by atoms with E-state index in [1.54, 1.807) is 6.07 Å². The van der Waals surface area contributed by atoms with Crippen LogP contribution in [0.1, 0.15) is 0 Å². The molecular formula is C9H7FN2O2S. The van der Waals surface area contributed by atoms with Gasteiger partial charge in [0.15, 0.2) is 11.6 Å². The van der Waals surface area contributed by atoms with Gasteiger partial charge in [-0.15, -0.1) is 5.10 Å². The van der Waals surface area contributed by atoms with Gasteiger partial charge in [-0.25, -0.2) is 9.49 Å². The number of rotatable bonds is 2. The summed E-state index contributed by atoms with van der Waals surface area (Å²) in [7, 11) is 1.40. The maximum Gasteiger partial charge on any atom is 0.284 e. The number of benzene rings is 1. The third-order valence-electron chi connectivity index (χ3n) is 1.84. The Hall–Kier alpha value is -1.69. The van der Waals surface area contributed by atoms with Crippen LogP contribution in [0.3, 0.4) is 0 Å². The van der Waals surface area contributed by atoms with Gasteiger partial charge in [0.05, 0.1) is 7.11 Å². The molecule has 78 valence electrons. The molecule has 6 heteroatoms. The molecule has 2 aromatic rings. The minimum Gasteiger partial charge on any atom is -0.494 e. The summed E-state index contributed by atoms with van der Waals surface area (Å²) in [6.45, 7) is 0. The number of aromatic nitrogens is 2. The van der Waals surface area contributed by atoms with Crippen molar-refractivity contribution in [3.63, 3.8) is 0 Å². The average Bonchev–Trinajstić information content (AvgIpc) is 2.65. The smallest absolute Gasteiger partial charge is 0.284 e. The second kappa shape index (κ2) is 3.82. The Kier molecular flexibility index (Phi) is 2.51. The number of nitrogens with one attached hydrogen (secondary N) is 1. The molecule has 1 aromatic carbocycles. The van der Waals surface area contributed by atoms with Gasteiger partial charge in [0, 0.05) is 5.56 Å². The van der Waals surface area contributed by atoms with Crippen LogP contribution in [-0.2, 0) is 0 Å². The van der Waals surface area contributed by atoms with Crippen LogP contribution in [0.2, 0.25) is 0 Å². The maximum absolute atomic E-state index is 13.3. The van der Waals surface area contributed by atoms with Crippen LogP contribution >= 0.6 is 12.2 Å². The molecule has 1 aromatic heterocycles. The van der Waals surface area contributed by atoms with Gasteiger partial charge in [0.25, 0.3) is 4.84 Å². The molecule has 0 unspecified atom stereocenters. The summed E-state index contributed by atoms with van der Waals surface area (Å²) in [6.07, 6.45) is 0. The summed E-state index contributed by atoms with van der Waals surface area (Å²) in [5.41, 5.74) is 0.501. The van der Waals surface area contributed by atoms with Crippen molar-refractivity contribution in [2.75, 3.05) is 7.11 Å². The first-order valence-corrected chi connectivity index (χ1v) is 4.51. The summed E-state index contributed by atoms with van der Waals surface area (Å²) in [6, 6.07) is 4.40. The topological polar surface area (TPSA) is 51.0 Å². The van der Waals surface area contributed by atoms with E-state index in [-0.39, 0.29) is 16.5 Å². The van der Waals surface area contributed by atoms with Crippen LogP contribution in [0.5, 0.6) is 5.75 Å². The summed E-state index contributed by atoms with van der Waals surface area (Å²) < 4.78 is 23.1. The molecule has 0 radical (unpaired) electrons. The quantitative estimate of drug-likeness (QED) is 0.799. The number of methoxy groups -OCH3 is 1. The Bertz CT molecular complexity index is 535. The number of H-pyrrole nitrogens is 1. The monoisotopic (exact) mass is 226 g/mol. The third kappa shape index (κ3) is 1.89. The van der Waals surface area contributed by atoms with Gasteiger partial charge in [-0.1, -0.05) is 0 Å². The lowest BCUT2D eigenvalue weighted by Crippen LogP contribution is -1.88. The molecule has 0 aliphatic carbocycles. The van der Waals surface area contributed by atoms with E-state index in [0.29, 0.717) is 5.56 Å². The molecule has 0 aliphatic rings. The molecule has 4 nitrogen and oxygen atoms in total. The normalized spacial score (nSPS) is 10.3. The Labute approximate surface area is 89.7 Å². The Balaban J connectivity index is 2.46. The number of aromatic amines is 1. The zero-order chi connectivity index (χ0) is 10.8. The van der Waals surface area contributed by atoms with E-state index >= 15 is 0 Å². The predicted molar refractivity (Wildman–Crippen MR) is 53.6 cm³/mol. The molecule has 0 atom stereocenters. The first-order valence-electron chi connectivity index (χ1n) is 4.10. The fourth-order valence-electron chi connectivity index (χ4n) is 1.15. The minimum atomic E-state index is -0.473. The van der Waals surface area contributed by atoms with Crippen molar-refractivity contribution in [2.24, 2.45) is 0 Å². The SMILES string of the molecule is COc1ccc(-c2n[nH]c(=S)o2)cc1F. The largest absolute Gasteiger partial charge is 0.494 e. The first-order chi connectivity index (χ1) is 7.20. The second-order valence-electron chi connectivity index (χ2n) is 2.77. The van der Waals surface area contributed by atoms with E-state index in [9.17, 15) is 4.39 Å². The maximum atomic E-state index is 13.3. The molecule has 0 saturated carbocycles. The predicted octanol–water partition coefficient (Wildman–Crippen LogP) is 2.55. The highest BCUT2D eigenvalue weighted by Gasteiger charge is 2.08. The number of halogens is 1. The van der Waals surface area contributed by atoms with Gasteiger partial charge in [0.2, 0.25) is 5.89 Å². The average molecular weight is 226 g/mol. The minimum absolute atomic E-state index is 0.154. The van der Waals surface area contributed by atoms with Gasteiger partial charge in [-0.2, -0.15) is 0 Å². The highest BCUT2D eigenvalue weighted by Crippen LogP contribution is 2.23. The van der Waals surface area contributed by atoms with E-state index in [4.69, 9.17) is 21.4 Å². The van der Waals surface area contributed by atoms with Crippen molar-refractivity contribution >= 4 is 12.2 Å². The fourth-order valence-corrected chi connectivity index (χ4v) is 1.28. The molecule has 1 N–H and O–H groups in total. The van der Waals surface area contributed by atoms with Gasteiger partial charge < -0.3 is 9.15 Å². The van der Waals surface area contributed by atoms with Gasteiger partial charge >= 0.3 is 0 Å². The van der Waals surface area contributed by atoms with Crippen LogP contribution in [0, 0.1) is 10.7 Å². The van der Waals surface area contributed by atoms with Crippen LogP contribution in [0.15, 0.2) is 22.6 Å². The molecule has 15 heavy (non-hydrogen) atoms. The van der Waals surface area contributed by atoms with Crippen molar-refractivity contribution in [3.05, 3.63) is 28.9 Å². The van der Waals surface area contributed by atoms with Crippen molar-refractivity contribution in [2.45, 2.75) is 0 Å². The zero-order valence-corrected chi connectivity index (χ0v) is 8.60. The van der Waals surface area contributed by atoms with Crippen molar-refractivity contribution < 1.29 is 13.5 Å². The number of hydrogen-bond donors (Lipinski definition) is 1. The van der Waals surface area contributed by atoms with E-state index in [1.165, 1.54) is 19.2 Å². The third-order valence-corrected chi connectivity index (χ3v) is 2.01. The molecule has 1 heterocycles. The molecule has 0 bridgehead atoms. The molecule has 2 rings (SSSR count). The van der Waals surface area contributed by atoms with E-state index in [0.717, 1.165) is 0 Å². The highest BCUT2D eigenvalue weighted by molar-refractivity contribution is 7.71. The van der Waals surface area contributed by atoms with Gasteiger partial charge in [-0.3, -0.25) is 0 Å². The Morgan fingerprint density at radius 3 is 2.87 bits per heavy atom. The second-order valence-corrected chi connectivity index (χ2v) is 3.14. The van der Waals surface area contributed by atoms with Crippen LogP contribution in [0.25, 0.3) is 11.5 Å². The Morgan fingerprint density at radius 1 is 1.53 bits per heavy atom. The first kappa shape index (κ1) is 9.85. The number of ether oxygens (including phenoxy) is 1. The lowest BCUT2D eigenvalue weighted by Gasteiger charge is -2.01. The zero-order valence-electron chi connectivity index (χ0n) is 7.78. The van der Waals surface area contributed by atoms with Crippen LogP contribution in [0.4, 0.5) is 4.39 Å². The van der Waals surface area contributed by atoms with Gasteiger partial charge in [0.1, 0.15) is 0 Å². The van der Waals surface area contributed by atoms with E-state index in [1.807, 2.05) is 0 Å². The molecule has 0 amide bonds. The van der Waals surface area contributed by atoms with Gasteiger partial charge in [-0.05, 0) is 30.4 Å². The van der Waals surface area contributed by atoms with Crippen molar-refractivity contribution in [1.29, 1.82) is 0 Å². The lowest BCUT2D eigenvalue weighted by atomic mass is 10.2. The molecule has 0 saturated heterocycles.